The number of hydrogen-bond acceptors (Lipinski definition) is 1. The van der Waals surface area contributed by atoms with Crippen molar-refractivity contribution in [3.05, 3.63) is 84.7 Å². The number of aliphatic hydroxyl groups excluding tert-OH is 1. The van der Waals surface area contributed by atoms with Crippen LogP contribution in [-0.2, 0) is 11.8 Å². The van der Waals surface area contributed by atoms with Crippen molar-refractivity contribution in [1.29, 1.82) is 0 Å². The minimum atomic E-state index is 0.207. The Kier molecular flexibility index (Phi) is 5.66. The molecule has 2 aromatic rings. The summed E-state index contributed by atoms with van der Waals surface area (Å²) in [5, 5.41) is 9.33. The van der Waals surface area contributed by atoms with Crippen LogP contribution in [-0.4, -0.2) is 5.11 Å². The van der Waals surface area contributed by atoms with Gasteiger partial charge < -0.3 is 5.11 Å². The molecule has 0 radical (unpaired) electrons. The monoisotopic (exact) mass is 346 g/mol. The average Bonchev–Trinajstić information content (AvgIpc) is 3.07. The first-order chi connectivity index (χ1) is 12.6. The molecular formula is C25H30O. The van der Waals surface area contributed by atoms with E-state index in [0.717, 1.165) is 17.9 Å². The van der Waals surface area contributed by atoms with E-state index in [1.807, 2.05) is 0 Å². The molecule has 0 aliphatic heterocycles. The van der Waals surface area contributed by atoms with Gasteiger partial charge >= 0.3 is 0 Å². The average molecular weight is 347 g/mol. The van der Waals surface area contributed by atoms with Gasteiger partial charge in [0.2, 0.25) is 0 Å². The van der Waals surface area contributed by atoms with Gasteiger partial charge in [-0.15, -0.1) is 6.58 Å². The van der Waals surface area contributed by atoms with Gasteiger partial charge in [-0.1, -0.05) is 68.1 Å². The number of benzene rings is 2. The van der Waals surface area contributed by atoms with Crippen molar-refractivity contribution in [2.24, 2.45) is 5.92 Å². The van der Waals surface area contributed by atoms with Crippen molar-refractivity contribution >= 4 is 0 Å². The van der Waals surface area contributed by atoms with Gasteiger partial charge in [-0.05, 0) is 65.7 Å². The van der Waals surface area contributed by atoms with Gasteiger partial charge in [0.05, 0.1) is 5.76 Å². The molecule has 1 aliphatic carbocycles. The van der Waals surface area contributed by atoms with Crippen molar-refractivity contribution in [2.45, 2.75) is 50.9 Å². The topological polar surface area (TPSA) is 20.2 Å². The predicted octanol–water partition coefficient (Wildman–Crippen LogP) is 6.99. The lowest BCUT2D eigenvalue weighted by Crippen LogP contribution is -2.21. The van der Waals surface area contributed by atoms with E-state index in [2.05, 4.69) is 74.7 Å². The Hall–Kier alpha value is -2.28. The maximum atomic E-state index is 9.33. The van der Waals surface area contributed by atoms with Crippen LogP contribution in [0.2, 0.25) is 0 Å². The smallest absolute Gasteiger partial charge is 0.0894 e. The van der Waals surface area contributed by atoms with Gasteiger partial charge in [-0.3, -0.25) is 0 Å². The highest BCUT2D eigenvalue weighted by Gasteiger charge is 2.38. The zero-order valence-electron chi connectivity index (χ0n) is 15.9. The molecule has 2 aromatic carbocycles. The fraction of sp³-hybridized carbons (Fsp3) is 0.360. The van der Waals surface area contributed by atoms with Crippen LogP contribution in [0.3, 0.4) is 0 Å². The van der Waals surface area contributed by atoms with E-state index < -0.39 is 0 Å². The van der Waals surface area contributed by atoms with Crippen molar-refractivity contribution < 1.29 is 5.11 Å². The van der Waals surface area contributed by atoms with Crippen LogP contribution < -0.4 is 0 Å². The van der Waals surface area contributed by atoms with Crippen LogP contribution in [0, 0.1) is 5.92 Å². The van der Waals surface area contributed by atoms with Crippen molar-refractivity contribution in [2.75, 3.05) is 0 Å². The summed E-state index contributed by atoms with van der Waals surface area (Å²) < 4.78 is 0. The maximum Gasteiger partial charge on any atom is 0.0894 e. The molecule has 0 saturated heterocycles. The number of aliphatic hydroxyl groups is 1. The number of rotatable bonds is 7. The highest BCUT2D eigenvalue weighted by molar-refractivity contribution is 5.64. The molecule has 1 fully saturated rings. The second-order valence-corrected chi connectivity index (χ2v) is 7.78. The third kappa shape index (κ3) is 3.93. The standard InChI is InChI=1S/C25H30O/c1-4-6-21-15-16-25(5-2,18-21)24-13-11-23(12-14-24)22-9-7-20(8-10-22)17-19(3)26/h4,7-14,21,26H,1,3,5-6,15-18H2,2H3. The van der Waals surface area contributed by atoms with Crippen LogP contribution in [0.4, 0.5) is 0 Å². The minimum Gasteiger partial charge on any atom is -0.513 e. The van der Waals surface area contributed by atoms with E-state index in [1.165, 1.54) is 42.4 Å². The summed E-state index contributed by atoms with van der Waals surface area (Å²) in [5.74, 6) is 0.999. The van der Waals surface area contributed by atoms with Gasteiger partial charge in [0.15, 0.2) is 0 Å². The molecule has 1 N–H and O–H groups in total. The molecule has 0 spiro atoms. The normalized spacial score (nSPS) is 22.3. The van der Waals surface area contributed by atoms with E-state index in [0.29, 0.717) is 11.8 Å². The molecule has 2 unspecified atom stereocenters. The van der Waals surface area contributed by atoms with Gasteiger partial charge in [0.1, 0.15) is 0 Å². The van der Waals surface area contributed by atoms with Crippen molar-refractivity contribution in [1.82, 2.24) is 0 Å². The van der Waals surface area contributed by atoms with E-state index >= 15 is 0 Å². The summed E-state index contributed by atoms with van der Waals surface area (Å²) in [5.41, 5.74) is 5.38. The molecule has 2 atom stereocenters. The van der Waals surface area contributed by atoms with Crippen LogP contribution in [0.5, 0.6) is 0 Å². The molecule has 0 heterocycles. The van der Waals surface area contributed by atoms with Gasteiger partial charge in [0, 0.05) is 6.42 Å². The van der Waals surface area contributed by atoms with Crippen LogP contribution in [0.25, 0.3) is 11.1 Å². The Balaban J connectivity index is 1.77. The molecule has 1 heteroatoms. The molecule has 3 rings (SSSR count). The third-order valence-electron chi connectivity index (χ3n) is 6.08. The summed E-state index contributed by atoms with van der Waals surface area (Å²) in [4.78, 5) is 0. The summed E-state index contributed by atoms with van der Waals surface area (Å²) in [7, 11) is 0. The lowest BCUT2D eigenvalue weighted by atomic mass is 9.75. The third-order valence-corrected chi connectivity index (χ3v) is 6.08. The Morgan fingerprint density at radius 2 is 1.73 bits per heavy atom. The highest BCUT2D eigenvalue weighted by atomic mass is 16.3. The Bertz CT molecular complexity index is 754. The van der Waals surface area contributed by atoms with Gasteiger partial charge in [0.25, 0.3) is 0 Å². The van der Waals surface area contributed by atoms with E-state index in [4.69, 9.17) is 0 Å². The summed E-state index contributed by atoms with van der Waals surface area (Å²) >= 11 is 0. The first-order valence-corrected chi connectivity index (χ1v) is 9.74. The van der Waals surface area contributed by atoms with Crippen LogP contribution >= 0.6 is 0 Å². The molecule has 1 saturated carbocycles. The second kappa shape index (κ2) is 7.95. The first kappa shape index (κ1) is 18.5. The Morgan fingerprint density at radius 1 is 1.12 bits per heavy atom. The molecule has 1 nitrogen and oxygen atoms in total. The zero-order chi connectivity index (χ0) is 18.6. The van der Waals surface area contributed by atoms with E-state index in [9.17, 15) is 5.11 Å². The Morgan fingerprint density at radius 3 is 2.27 bits per heavy atom. The fourth-order valence-corrected chi connectivity index (χ4v) is 4.53. The summed E-state index contributed by atoms with van der Waals surface area (Å²) in [6.07, 6.45) is 8.85. The number of allylic oxidation sites excluding steroid dienone is 2. The quantitative estimate of drug-likeness (QED) is 0.423. The first-order valence-electron chi connectivity index (χ1n) is 9.74. The molecule has 0 bridgehead atoms. The summed E-state index contributed by atoms with van der Waals surface area (Å²) in [6, 6.07) is 17.6. The lowest BCUT2D eigenvalue weighted by Gasteiger charge is -2.29. The zero-order valence-corrected chi connectivity index (χ0v) is 15.9. The lowest BCUT2D eigenvalue weighted by molar-refractivity contribution is 0.401. The van der Waals surface area contributed by atoms with Crippen molar-refractivity contribution in [3.63, 3.8) is 0 Å². The molecular weight excluding hydrogens is 316 g/mol. The Labute approximate surface area is 158 Å². The van der Waals surface area contributed by atoms with Crippen molar-refractivity contribution in [3.8, 4) is 11.1 Å². The predicted molar refractivity (Wildman–Crippen MR) is 111 cm³/mol. The molecule has 0 amide bonds. The molecule has 1 aliphatic rings. The van der Waals surface area contributed by atoms with Gasteiger partial charge in [-0.2, -0.15) is 0 Å². The summed E-state index contributed by atoms with van der Waals surface area (Å²) in [6.45, 7) is 9.81. The second-order valence-electron chi connectivity index (χ2n) is 7.78. The van der Waals surface area contributed by atoms with Crippen LogP contribution in [0.15, 0.2) is 73.5 Å². The molecule has 136 valence electrons. The fourth-order valence-electron chi connectivity index (χ4n) is 4.53. The molecule has 0 aromatic heterocycles. The van der Waals surface area contributed by atoms with E-state index in [-0.39, 0.29) is 5.76 Å². The number of hydrogen-bond donors (Lipinski definition) is 1. The SMILES string of the molecule is C=CCC1CCC(CC)(c2ccc(-c3ccc(CC(=C)O)cc3)cc2)C1. The van der Waals surface area contributed by atoms with Gasteiger partial charge in [-0.25, -0.2) is 0 Å². The van der Waals surface area contributed by atoms with E-state index in [1.54, 1.807) is 0 Å². The van der Waals surface area contributed by atoms with Crippen LogP contribution in [0.1, 0.15) is 50.2 Å². The largest absolute Gasteiger partial charge is 0.513 e. The minimum absolute atomic E-state index is 0.207. The highest BCUT2D eigenvalue weighted by Crippen LogP contribution is 2.47. The maximum absolute atomic E-state index is 9.33. The molecule has 26 heavy (non-hydrogen) atoms.